The summed E-state index contributed by atoms with van der Waals surface area (Å²) in [5, 5.41) is 6.84. The maximum absolute atomic E-state index is 10.6. The van der Waals surface area contributed by atoms with Crippen LogP contribution in [-0.4, -0.2) is 13.1 Å². The lowest BCUT2D eigenvalue weighted by atomic mass is 10.3. The predicted molar refractivity (Wildman–Crippen MR) is 31.7 cm³/mol. The lowest BCUT2D eigenvalue weighted by Gasteiger charge is -1.93. The second-order valence-electron chi connectivity index (χ2n) is 1.68. The number of esters is 1. The van der Waals surface area contributed by atoms with Gasteiger partial charge in [0.1, 0.15) is 0 Å². The summed E-state index contributed by atoms with van der Waals surface area (Å²) in [5.41, 5.74) is 3.97. The molecule has 0 unspecified atom stereocenters. The van der Waals surface area contributed by atoms with E-state index in [2.05, 4.69) is 20.5 Å². The molecule has 0 spiro atoms. The molecule has 10 heavy (non-hydrogen) atoms. The molecule has 1 aliphatic rings. The smallest absolute Gasteiger partial charge is 0.311 e. The summed E-state index contributed by atoms with van der Waals surface area (Å²) >= 11 is 0. The quantitative estimate of drug-likeness (QED) is 0.520. The Hall–Kier alpha value is -1.39. The van der Waals surface area contributed by atoms with Crippen molar-refractivity contribution in [2.24, 2.45) is 10.3 Å². The number of nitrogens with zero attached hydrogens (tertiary/aromatic N) is 3. The molecule has 0 aliphatic carbocycles. The average Bonchev–Trinajstić information content (AvgIpc) is 2.40. The van der Waals surface area contributed by atoms with Crippen LogP contribution in [0.5, 0.6) is 0 Å². The van der Waals surface area contributed by atoms with Crippen molar-refractivity contribution in [1.82, 2.24) is 5.43 Å². The molecular formula is C5H6N3O2. The topological polar surface area (TPSA) is 65.1 Å². The van der Waals surface area contributed by atoms with Crippen molar-refractivity contribution >= 4 is 5.97 Å². The molecular weight excluding hydrogens is 134 g/mol. The fraction of sp³-hybridized carbons (Fsp3) is 0.400. The SMILES string of the molecule is COC(=O)CC1=C[N]N=N1. The van der Waals surface area contributed by atoms with Gasteiger partial charge >= 0.3 is 5.97 Å². The molecule has 0 aromatic heterocycles. The summed E-state index contributed by atoms with van der Waals surface area (Å²) in [4.78, 5) is 10.6. The molecule has 0 atom stereocenters. The van der Waals surface area contributed by atoms with Gasteiger partial charge in [-0.2, -0.15) is 0 Å². The molecule has 5 heteroatoms. The Labute approximate surface area is 57.7 Å². The second kappa shape index (κ2) is 2.95. The molecule has 0 saturated heterocycles. The van der Waals surface area contributed by atoms with E-state index in [9.17, 15) is 4.79 Å². The Kier molecular flexibility index (Phi) is 1.99. The molecule has 0 saturated carbocycles. The van der Waals surface area contributed by atoms with Gasteiger partial charge in [0.15, 0.2) is 0 Å². The largest absolute Gasteiger partial charge is 0.469 e. The highest BCUT2D eigenvalue weighted by atomic mass is 16.5. The van der Waals surface area contributed by atoms with Crippen molar-refractivity contribution in [2.45, 2.75) is 6.42 Å². The van der Waals surface area contributed by atoms with Crippen molar-refractivity contribution in [3.63, 3.8) is 0 Å². The van der Waals surface area contributed by atoms with Gasteiger partial charge in [0, 0.05) is 0 Å². The van der Waals surface area contributed by atoms with Crippen molar-refractivity contribution in [2.75, 3.05) is 7.11 Å². The molecule has 0 fully saturated rings. The van der Waals surface area contributed by atoms with Crippen molar-refractivity contribution < 1.29 is 9.53 Å². The predicted octanol–water partition coefficient (Wildman–Crippen LogP) is 0.376. The lowest BCUT2D eigenvalue weighted by molar-refractivity contribution is -0.139. The van der Waals surface area contributed by atoms with Gasteiger partial charge in [0.2, 0.25) is 0 Å². The van der Waals surface area contributed by atoms with E-state index in [1.807, 2.05) is 0 Å². The summed E-state index contributed by atoms with van der Waals surface area (Å²) in [7, 11) is 1.33. The third kappa shape index (κ3) is 1.54. The van der Waals surface area contributed by atoms with Crippen LogP contribution in [0.15, 0.2) is 22.2 Å². The van der Waals surface area contributed by atoms with Crippen LogP contribution in [0.1, 0.15) is 6.42 Å². The Morgan fingerprint density at radius 2 is 2.60 bits per heavy atom. The molecule has 0 bridgehead atoms. The highest BCUT2D eigenvalue weighted by molar-refractivity contribution is 5.72. The van der Waals surface area contributed by atoms with Gasteiger partial charge in [-0.1, -0.05) is 0 Å². The summed E-state index contributed by atoms with van der Waals surface area (Å²) in [6.45, 7) is 0. The van der Waals surface area contributed by atoms with Crippen molar-refractivity contribution in [3.8, 4) is 0 Å². The van der Waals surface area contributed by atoms with E-state index in [1.54, 1.807) is 0 Å². The van der Waals surface area contributed by atoms with Crippen molar-refractivity contribution in [3.05, 3.63) is 11.9 Å². The van der Waals surface area contributed by atoms with Crippen LogP contribution in [0.4, 0.5) is 0 Å². The first-order valence-electron chi connectivity index (χ1n) is 2.69. The van der Waals surface area contributed by atoms with Crippen LogP contribution < -0.4 is 5.43 Å². The van der Waals surface area contributed by atoms with Gasteiger partial charge in [-0.3, -0.25) is 4.79 Å². The first kappa shape index (κ1) is 6.73. The van der Waals surface area contributed by atoms with E-state index in [1.165, 1.54) is 13.3 Å². The Morgan fingerprint density at radius 1 is 1.80 bits per heavy atom. The van der Waals surface area contributed by atoms with Crippen LogP contribution >= 0.6 is 0 Å². The number of hydrogen-bond acceptors (Lipinski definition) is 4. The molecule has 53 valence electrons. The highest BCUT2D eigenvalue weighted by Gasteiger charge is 2.07. The van der Waals surface area contributed by atoms with Gasteiger partial charge in [0.05, 0.1) is 25.4 Å². The highest BCUT2D eigenvalue weighted by Crippen LogP contribution is 2.08. The summed E-state index contributed by atoms with van der Waals surface area (Å²) in [5.74, 6) is -0.331. The normalized spacial score (nSPS) is 14.3. The first-order chi connectivity index (χ1) is 4.83. The van der Waals surface area contributed by atoms with E-state index in [4.69, 9.17) is 0 Å². The van der Waals surface area contributed by atoms with Crippen LogP contribution in [0, 0.1) is 0 Å². The Morgan fingerprint density at radius 3 is 3.10 bits per heavy atom. The lowest BCUT2D eigenvalue weighted by Crippen LogP contribution is -1.99. The first-order valence-corrected chi connectivity index (χ1v) is 2.69. The zero-order valence-electron chi connectivity index (χ0n) is 5.44. The number of carbonyl (C=O) groups excluding carboxylic acids is 1. The minimum absolute atomic E-state index is 0.142. The van der Waals surface area contributed by atoms with E-state index in [0.717, 1.165) is 0 Å². The van der Waals surface area contributed by atoms with Gasteiger partial charge in [0.25, 0.3) is 0 Å². The Balaban J connectivity index is 2.38. The van der Waals surface area contributed by atoms with Crippen LogP contribution in [0.2, 0.25) is 0 Å². The summed E-state index contributed by atoms with van der Waals surface area (Å²) in [6, 6.07) is 0. The minimum atomic E-state index is -0.331. The number of ether oxygens (including phenoxy) is 1. The Bertz CT molecular complexity index is 197. The molecule has 0 aromatic rings. The zero-order valence-corrected chi connectivity index (χ0v) is 5.44. The molecule has 1 radical (unpaired) electrons. The van der Waals surface area contributed by atoms with Gasteiger partial charge in [-0.25, -0.2) is 0 Å². The maximum atomic E-state index is 10.6. The molecule has 0 aromatic carbocycles. The van der Waals surface area contributed by atoms with Gasteiger partial charge < -0.3 is 4.74 Å². The minimum Gasteiger partial charge on any atom is -0.469 e. The number of methoxy groups -OCH3 is 1. The molecule has 1 aliphatic heterocycles. The van der Waals surface area contributed by atoms with E-state index < -0.39 is 0 Å². The molecule has 5 nitrogen and oxygen atoms in total. The molecule has 0 amide bonds. The van der Waals surface area contributed by atoms with E-state index in [-0.39, 0.29) is 12.4 Å². The van der Waals surface area contributed by atoms with E-state index in [0.29, 0.717) is 5.70 Å². The zero-order chi connectivity index (χ0) is 7.40. The van der Waals surface area contributed by atoms with Crippen LogP contribution in [-0.2, 0) is 9.53 Å². The monoisotopic (exact) mass is 140 g/mol. The number of carbonyl (C=O) groups is 1. The van der Waals surface area contributed by atoms with Gasteiger partial charge in [-0.05, 0) is 5.22 Å². The summed E-state index contributed by atoms with van der Waals surface area (Å²) in [6.07, 6.45) is 1.57. The second-order valence-corrected chi connectivity index (χ2v) is 1.68. The molecule has 0 N–H and O–H groups in total. The van der Waals surface area contributed by atoms with Gasteiger partial charge in [-0.15, -0.1) is 10.5 Å². The molecule has 1 rings (SSSR count). The fourth-order valence-corrected chi connectivity index (χ4v) is 0.503. The standard InChI is InChI=1S/C5H6N3O2/c1-10-5(9)2-4-3-6-8-7-4/h3H,2H2,1H3. The average molecular weight is 140 g/mol. The third-order valence-electron chi connectivity index (χ3n) is 0.985. The molecule has 1 heterocycles. The maximum Gasteiger partial charge on any atom is 0.311 e. The van der Waals surface area contributed by atoms with E-state index >= 15 is 0 Å². The third-order valence-corrected chi connectivity index (χ3v) is 0.985. The van der Waals surface area contributed by atoms with Crippen LogP contribution in [0.3, 0.4) is 0 Å². The van der Waals surface area contributed by atoms with Crippen molar-refractivity contribution in [1.29, 1.82) is 0 Å². The number of hydrogen-bond donors (Lipinski definition) is 0. The summed E-state index contributed by atoms with van der Waals surface area (Å²) < 4.78 is 4.39. The van der Waals surface area contributed by atoms with Crippen LogP contribution in [0.25, 0.3) is 0 Å². The number of rotatable bonds is 2. The fourth-order valence-electron chi connectivity index (χ4n) is 0.503.